The highest BCUT2D eigenvalue weighted by molar-refractivity contribution is 7.14. The molecule has 0 bridgehead atoms. The standard InChI is InChI=1S/C14H16N2O3S/c15-13(18)11-5-1-2-8-16(11)14(19)12-7-6-10(20-12)4-3-9-17/h6-7,11,17H,1-2,5,8-9H2,(H2,15,18). The van der Waals surface area contributed by atoms with Crippen LogP contribution in [0.3, 0.4) is 0 Å². The number of aliphatic hydroxyl groups is 1. The van der Waals surface area contributed by atoms with Crippen molar-refractivity contribution in [2.24, 2.45) is 5.73 Å². The maximum Gasteiger partial charge on any atom is 0.264 e. The van der Waals surface area contributed by atoms with Crippen LogP contribution in [0.1, 0.15) is 33.8 Å². The number of nitrogens with zero attached hydrogens (tertiary/aromatic N) is 1. The van der Waals surface area contributed by atoms with Crippen LogP contribution in [0.4, 0.5) is 0 Å². The quantitative estimate of drug-likeness (QED) is 0.782. The number of thiophene rings is 1. The van der Waals surface area contributed by atoms with Crippen LogP contribution in [-0.2, 0) is 4.79 Å². The molecule has 20 heavy (non-hydrogen) atoms. The number of nitrogens with two attached hydrogens (primary N) is 1. The largest absolute Gasteiger partial charge is 0.384 e. The minimum absolute atomic E-state index is 0.171. The fraction of sp³-hybridized carbons (Fsp3) is 0.429. The van der Waals surface area contributed by atoms with Gasteiger partial charge in [0.15, 0.2) is 0 Å². The zero-order valence-corrected chi connectivity index (χ0v) is 11.8. The van der Waals surface area contributed by atoms with Crippen LogP contribution in [-0.4, -0.2) is 41.0 Å². The topological polar surface area (TPSA) is 83.6 Å². The molecule has 5 nitrogen and oxygen atoms in total. The van der Waals surface area contributed by atoms with Gasteiger partial charge in [0.2, 0.25) is 5.91 Å². The first-order valence-electron chi connectivity index (χ1n) is 6.43. The van der Waals surface area contributed by atoms with Crippen LogP contribution in [0, 0.1) is 11.8 Å². The van der Waals surface area contributed by atoms with Crippen molar-refractivity contribution in [1.82, 2.24) is 4.90 Å². The van der Waals surface area contributed by atoms with Gasteiger partial charge in [-0.2, -0.15) is 0 Å². The van der Waals surface area contributed by atoms with Crippen molar-refractivity contribution < 1.29 is 14.7 Å². The van der Waals surface area contributed by atoms with Crippen LogP contribution in [0.25, 0.3) is 0 Å². The highest BCUT2D eigenvalue weighted by Gasteiger charge is 2.31. The normalized spacial score (nSPS) is 18.2. The van der Waals surface area contributed by atoms with Crippen molar-refractivity contribution in [2.75, 3.05) is 13.2 Å². The lowest BCUT2D eigenvalue weighted by Gasteiger charge is -2.33. The second kappa shape index (κ2) is 6.55. The second-order valence-electron chi connectivity index (χ2n) is 4.54. The van der Waals surface area contributed by atoms with Crippen molar-refractivity contribution in [2.45, 2.75) is 25.3 Å². The Bertz CT molecular complexity index is 570. The highest BCUT2D eigenvalue weighted by Crippen LogP contribution is 2.23. The van der Waals surface area contributed by atoms with Gasteiger partial charge in [0.05, 0.1) is 9.75 Å². The van der Waals surface area contributed by atoms with Gasteiger partial charge in [-0.15, -0.1) is 11.3 Å². The molecule has 0 aliphatic carbocycles. The summed E-state index contributed by atoms with van der Waals surface area (Å²) in [6.45, 7) is 0.346. The Labute approximate surface area is 121 Å². The number of likely N-dealkylation sites (tertiary alicyclic amines) is 1. The first kappa shape index (κ1) is 14.6. The number of piperidine rings is 1. The molecule has 1 saturated heterocycles. The molecule has 1 atom stereocenters. The Morgan fingerprint density at radius 1 is 1.45 bits per heavy atom. The first-order valence-corrected chi connectivity index (χ1v) is 7.25. The van der Waals surface area contributed by atoms with E-state index in [0.29, 0.717) is 17.8 Å². The summed E-state index contributed by atoms with van der Waals surface area (Å²) >= 11 is 1.26. The number of amides is 2. The van der Waals surface area contributed by atoms with E-state index in [9.17, 15) is 9.59 Å². The number of hydrogen-bond acceptors (Lipinski definition) is 4. The van der Waals surface area contributed by atoms with Gasteiger partial charge < -0.3 is 15.7 Å². The number of carbonyl (C=O) groups is 2. The van der Waals surface area contributed by atoms with E-state index in [1.807, 2.05) is 0 Å². The maximum atomic E-state index is 12.4. The monoisotopic (exact) mass is 292 g/mol. The lowest BCUT2D eigenvalue weighted by atomic mass is 10.0. The molecular formula is C14H16N2O3S. The Balaban J connectivity index is 2.17. The van der Waals surface area contributed by atoms with Crippen molar-refractivity contribution in [1.29, 1.82) is 0 Å². The van der Waals surface area contributed by atoms with Gasteiger partial charge in [-0.25, -0.2) is 0 Å². The van der Waals surface area contributed by atoms with Crippen molar-refractivity contribution in [3.8, 4) is 11.8 Å². The lowest BCUT2D eigenvalue weighted by molar-refractivity contribution is -0.123. The third-order valence-electron chi connectivity index (χ3n) is 3.20. The smallest absolute Gasteiger partial charge is 0.264 e. The number of rotatable bonds is 2. The molecular weight excluding hydrogens is 276 g/mol. The summed E-state index contributed by atoms with van der Waals surface area (Å²) in [6.07, 6.45) is 2.43. The van der Waals surface area contributed by atoms with E-state index in [0.717, 1.165) is 17.7 Å². The summed E-state index contributed by atoms with van der Waals surface area (Å²) in [4.78, 5) is 26.7. The summed E-state index contributed by atoms with van der Waals surface area (Å²) in [7, 11) is 0. The van der Waals surface area contributed by atoms with Gasteiger partial charge in [0.25, 0.3) is 5.91 Å². The van der Waals surface area contributed by atoms with E-state index in [4.69, 9.17) is 10.8 Å². The molecule has 1 aromatic rings. The van der Waals surface area contributed by atoms with Gasteiger partial charge in [-0.3, -0.25) is 9.59 Å². The molecule has 3 N–H and O–H groups in total. The fourth-order valence-corrected chi connectivity index (χ4v) is 3.10. The zero-order valence-electron chi connectivity index (χ0n) is 11.0. The van der Waals surface area contributed by atoms with Gasteiger partial charge in [-0.05, 0) is 31.4 Å². The third kappa shape index (κ3) is 3.18. The van der Waals surface area contributed by atoms with E-state index in [-0.39, 0.29) is 12.5 Å². The molecule has 6 heteroatoms. The van der Waals surface area contributed by atoms with Crippen molar-refractivity contribution in [3.05, 3.63) is 21.9 Å². The summed E-state index contributed by atoms with van der Waals surface area (Å²) < 4.78 is 0. The van der Waals surface area contributed by atoms with Gasteiger partial charge in [0, 0.05) is 6.54 Å². The molecule has 0 aromatic carbocycles. The lowest BCUT2D eigenvalue weighted by Crippen LogP contribution is -2.50. The van der Waals surface area contributed by atoms with Crippen LogP contribution >= 0.6 is 11.3 Å². The summed E-state index contributed by atoms with van der Waals surface area (Å²) in [5, 5.41) is 8.65. The zero-order chi connectivity index (χ0) is 14.5. The van der Waals surface area contributed by atoms with E-state index < -0.39 is 11.9 Å². The molecule has 1 aliphatic heterocycles. The Kier molecular flexibility index (Phi) is 4.77. The Hall–Kier alpha value is -1.84. The third-order valence-corrected chi connectivity index (χ3v) is 4.19. The summed E-state index contributed by atoms with van der Waals surface area (Å²) in [5.74, 6) is 4.68. The molecule has 106 valence electrons. The predicted molar refractivity (Wildman–Crippen MR) is 76.2 cm³/mol. The van der Waals surface area contributed by atoms with Crippen LogP contribution in [0.15, 0.2) is 12.1 Å². The number of primary amides is 1. The molecule has 2 rings (SSSR count). The molecule has 0 radical (unpaired) electrons. The number of hydrogen-bond donors (Lipinski definition) is 2. The summed E-state index contributed by atoms with van der Waals surface area (Å²) in [5.41, 5.74) is 5.36. The highest BCUT2D eigenvalue weighted by atomic mass is 32.1. The molecule has 1 aromatic heterocycles. The average Bonchev–Trinajstić information content (AvgIpc) is 2.93. The van der Waals surface area contributed by atoms with Crippen LogP contribution in [0.5, 0.6) is 0 Å². The second-order valence-corrected chi connectivity index (χ2v) is 5.62. The van der Waals surface area contributed by atoms with Gasteiger partial charge >= 0.3 is 0 Å². The average molecular weight is 292 g/mol. The molecule has 2 heterocycles. The molecule has 0 spiro atoms. The van der Waals surface area contributed by atoms with E-state index in [2.05, 4.69) is 11.8 Å². The van der Waals surface area contributed by atoms with Crippen molar-refractivity contribution in [3.63, 3.8) is 0 Å². The molecule has 0 saturated carbocycles. The van der Waals surface area contributed by atoms with E-state index in [1.54, 1.807) is 17.0 Å². The molecule has 2 amide bonds. The van der Waals surface area contributed by atoms with E-state index in [1.165, 1.54) is 11.3 Å². The van der Waals surface area contributed by atoms with Gasteiger partial charge in [-0.1, -0.05) is 11.8 Å². The van der Waals surface area contributed by atoms with Crippen molar-refractivity contribution >= 4 is 23.2 Å². The predicted octanol–water partition coefficient (Wildman–Crippen LogP) is 0.572. The molecule has 1 aliphatic rings. The number of aliphatic hydroxyl groups excluding tert-OH is 1. The minimum atomic E-state index is -0.509. The van der Waals surface area contributed by atoms with E-state index >= 15 is 0 Å². The first-order chi connectivity index (χ1) is 9.63. The fourth-order valence-electron chi connectivity index (χ4n) is 2.26. The number of carbonyl (C=O) groups excluding carboxylic acids is 2. The SMILES string of the molecule is NC(=O)C1CCCCN1C(=O)c1ccc(C#CCO)s1. The summed E-state index contributed by atoms with van der Waals surface area (Å²) in [6, 6.07) is 2.93. The molecule has 1 unspecified atom stereocenters. The molecule has 1 fully saturated rings. The minimum Gasteiger partial charge on any atom is -0.384 e. The van der Waals surface area contributed by atoms with Crippen LogP contribution in [0.2, 0.25) is 0 Å². The Morgan fingerprint density at radius 3 is 2.95 bits per heavy atom. The van der Waals surface area contributed by atoms with Crippen LogP contribution < -0.4 is 5.73 Å². The maximum absolute atomic E-state index is 12.4. The van der Waals surface area contributed by atoms with Gasteiger partial charge in [0.1, 0.15) is 12.6 Å². The Morgan fingerprint density at radius 2 is 2.25 bits per heavy atom.